The highest BCUT2D eigenvalue weighted by Crippen LogP contribution is 2.40. The summed E-state index contributed by atoms with van der Waals surface area (Å²) in [5.41, 5.74) is 2.95. The normalized spacial score (nSPS) is 14.4. The van der Waals surface area contributed by atoms with Crippen molar-refractivity contribution >= 4 is 39.9 Å². The van der Waals surface area contributed by atoms with E-state index in [9.17, 15) is 23.2 Å². The van der Waals surface area contributed by atoms with Crippen LogP contribution in [-0.2, 0) is 25.4 Å². The zero-order chi connectivity index (χ0) is 35.0. The number of ether oxygens (including phenoxy) is 1. The van der Waals surface area contributed by atoms with Gasteiger partial charge in [0.25, 0.3) is 12.0 Å². The molecule has 5 aromatic rings. The monoisotopic (exact) mass is 689 g/mol. The average molecular weight is 690 g/mol. The van der Waals surface area contributed by atoms with Crippen LogP contribution >= 0.6 is 11.6 Å². The van der Waals surface area contributed by atoms with Gasteiger partial charge in [0.15, 0.2) is 0 Å². The minimum atomic E-state index is -2.93. The maximum Gasteiger partial charge on any atom is 0.330 e. The standard InChI is InChI=1S/C35H34ClF2N7O4/c1-18-21(7-6-10-24(18)41-32-29-27(15-26(42-32)31(37)38)44(2)35(48)45(3)34(29)47)22-8-5-9-23(30(22)36)25-13-11-19(33(43-25)49-4)16-39-17-20-12-14-28(46)40-20/h5-11,13,15,20,31,39H,12,14,16-17H2,1-4H3,(H,40,46)(H,41,42). The van der Waals surface area contributed by atoms with Crippen molar-refractivity contribution in [1.82, 2.24) is 29.7 Å². The van der Waals surface area contributed by atoms with Crippen molar-refractivity contribution < 1.29 is 18.3 Å². The van der Waals surface area contributed by atoms with E-state index in [1.165, 1.54) is 14.1 Å². The highest BCUT2D eigenvalue weighted by Gasteiger charge is 2.22. The number of aromatic nitrogens is 4. The van der Waals surface area contributed by atoms with Gasteiger partial charge in [0.2, 0.25) is 11.8 Å². The topological polar surface area (TPSA) is 132 Å². The molecule has 1 unspecified atom stereocenters. The SMILES string of the molecule is COc1nc(-c2cccc(-c3cccc(Nc4nc(C(F)F)cc5c4c(=O)n(C)c(=O)n5C)c3C)c2Cl)ccc1CNCC1CCC(=O)N1. The molecule has 11 nitrogen and oxygen atoms in total. The molecule has 3 N–H and O–H groups in total. The molecule has 1 amide bonds. The van der Waals surface area contributed by atoms with E-state index in [2.05, 4.69) is 20.9 Å². The van der Waals surface area contributed by atoms with Crippen molar-refractivity contribution in [3.05, 3.63) is 97.3 Å². The summed E-state index contributed by atoms with van der Waals surface area (Å²) >= 11 is 7.05. The number of halogens is 3. The Bertz CT molecular complexity index is 2220. The van der Waals surface area contributed by atoms with Gasteiger partial charge in [-0.05, 0) is 42.7 Å². The Balaban J connectivity index is 1.33. The third-order valence-corrected chi connectivity index (χ3v) is 9.18. The lowest BCUT2D eigenvalue weighted by Gasteiger charge is -2.18. The molecule has 254 valence electrons. The third kappa shape index (κ3) is 6.51. The maximum absolute atomic E-state index is 13.9. The number of aryl methyl sites for hydroxylation is 1. The Morgan fingerprint density at radius 3 is 2.47 bits per heavy atom. The Morgan fingerprint density at radius 2 is 1.76 bits per heavy atom. The van der Waals surface area contributed by atoms with Crippen LogP contribution in [0.15, 0.2) is 64.2 Å². The number of alkyl halides is 2. The predicted octanol–water partition coefficient (Wildman–Crippen LogP) is 5.38. The van der Waals surface area contributed by atoms with Crippen molar-refractivity contribution in [2.75, 3.05) is 19.0 Å². The van der Waals surface area contributed by atoms with Crippen molar-refractivity contribution in [3.63, 3.8) is 0 Å². The molecule has 1 aliphatic rings. The van der Waals surface area contributed by atoms with Gasteiger partial charge >= 0.3 is 5.69 Å². The molecule has 2 aromatic carbocycles. The van der Waals surface area contributed by atoms with E-state index in [0.717, 1.165) is 32.7 Å². The summed E-state index contributed by atoms with van der Waals surface area (Å²) in [4.78, 5) is 46.1. The Kier molecular flexibility index (Phi) is 9.48. The van der Waals surface area contributed by atoms with E-state index in [1.54, 1.807) is 19.2 Å². The van der Waals surface area contributed by atoms with Gasteiger partial charge < -0.3 is 20.7 Å². The largest absolute Gasteiger partial charge is 0.481 e. The van der Waals surface area contributed by atoms with E-state index in [0.29, 0.717) is 58.5 Å². The second kappa shape index (κ2) is 13.8. The molecule has 4 heterocycles. The van der Waals surface area contributed by atoms with Crippen LogP contribution in [0.1, 0.15) is 36.1 Å². The summed E-state index contributed by atoms with van der Waals surface area (Å²) in [7, 11) is 4.29. The van der Waals surface area contributed by atoms with Gasteiger partial charge in [0.1, 0.15) is 16.9 Å². The van der Waals surface area contributed by atoms with Gasteiger partial charge in [-0.2, -0.15) is 0 Å². The zero-order valence-corrected chi connectivity index (χ0v) is 28.0. The quantitative estimate of drug-likeness (QED) is 0.178. The van der Waals surface area contributed by atoms with Crippen LogP contribution in [0.25, 0.3) is 33.3 Å². The fraction of sp³-hybridized carbons (Fsp3) is 0.286. The number of nitrogens with one attached hydrogen (secondary N) is 3. The number of hydrogen-bond donors (Lipinski definition) is 3. The van der Waals surface area contributed by atoms with Crippen molar-refractivity contribution in [2.24, 2.45) is 14.1 Å². The minimum absolute atomic E-state index is 0.00260. The van der Waals surface area contributed by atoms with Crippen molar-refractivity contribution in [3.8, 4) is 28.3 Å². The lowest BCUT2D eigenvalue weighted by atomic mass is 9.96. The van der Waals surface area contributed by atoms with Crippen LogP contribution in [0.3, 0.4) is 0 Å². The number of methoxy groups -OCH3 is 1. The first-order valence-electron chi connectivity index (χ1n) is 15.6. The van der Waals surface area contributed by atoms with E-state index >= 15 is 0 Å². The number of carbonyl (C=O) groups is 1. The van der Waals surface area contributed by atoms with Crippen LogP contribution in [0, 0.1) is 6.92 Å². The zero-order valence-electron chi connectivity index (χ0n) is 27.2. The summed E-state index contributed by atoms with van der Waals surface area (Å²) in [6, 6.07) is 15.9. The fourth-order valence-corrected chi connectivity index (χ4v) is 6.41. The number of benzene rings is 2. The summed E-state index contributed by atoms with van der Waals surface area (Å²) in [5, 5.41) is 9.83. The van der Waals surface area contributed by atoms with Crippen LogP contribution in [0.2, 0.25) is 5.02 Å². The van der Waals surface area contributed by atoms with Crippen LogP contribution in [-0.4, -0.2) is 44.7 Å². The molecule has 49 heavy (non-hydrogen) atoms. The van der Waals surface area contributed by atoms with E-state index in [1.807, 2.05) is 43.3 Å². The number of anilines is 2. The first-order chi connectivity index (χ1) is 23.5. The second-order valence-electron chi connectivity index (χ2n) is 11.9. The fourth-order valence-electron chi connectivity index (χ4n) is 6.08. The highest BCUT2D eigenvalue weighted by molar-refractivity contribution is 6.36. The van der Waals surface area contributed by atoms with E-state index < -0.39 is 23.4 Å². The van der Waals surface area contributed by atoms with Crippen molar-refractivity contribution in [1.29, 1.82) is 0 Å². The molecule has 3 aromatic heterocycles. The summed E-state index contributed by atoms with van der Waals surface area (Å²) in [6.07, 6.45) is -1.59. The average Bonchev–Trinajstić information content (AvgIpc) is 3.51. The minimum Gasteiger partial charge on any atom is -0.481 e. The number of fused-ring (bicyclic) bond motifs is 1. The van der Waals surface area contributed by atoms with Gasteiger partial charge in [-0.25, -0.2) is 23.5 Å². The lowest BCUT2D eigenvalue weighted by Crippen LogP contribution is -2.37. The second-order valence-corrected chi connectivity index (χ2v) is 12.2. The first kappa shape index (κ1) is 33.7. The molecule has 1 fully saturated rings. The molecular formula is C35H34ClF2N7O4. The molecule has 1 saturated heterocycles. The molecule has 6 rings (SSSR count). The smallest absolute Gasteiger partial charge is 0.330 e. The highest BCUT2D eigenvalue weighted by atomic mass is 35.5. The molecule has 0 bridgehead atoms. The number of pyridine rings is 2. The number of hydrogen-bond acceptors (Lipinski definition) is 8. The van der Waals surface area contributed by atoms with Gasteiger partial charge in [-0.3, -0.25) is 18.7 Å². The van der Waals surface area contributed by atoms with Gasteiger partial charge in [-0.15, -0.1) is 0 Å². The van der Waals surface area contributed by atoms with Gasteiger partial charge in [0.05, 0.1) is 23.3 Å². The third-order valence-electron chi connectivity index (χ3n) is 8.77. The molecular weight excluding hydrogens is 656 g/mol. The number of carbonyl (C=O) groups excluding carboxylic acids is 1. The first-order valence-corrected chi connectivity index (χ1v) is 15.9. The molecule has 0 radical (unpaired) electrons. The van der Waals surface area contributed by atoms with Gasteiger partial charge in [0, 0.05) is 62.0 Å². The summed E-state index contributed by atoms with van der Waals surface area (Å²) in [6.45, 7) is 2.98. The van der Waals surface area contributed by atoms with Crippen LogP contribution in [0.4, 0.5) is 20.3 Å². The van der Waals surface area contributed by atoms with Crippen LogP contribution < -0.4 is 31.9 Å². The van der Waals surface area contributed by atoms with E-state index in [-0.39, 0.29) is 28.7 Å². The number of amides is 1. The Labute approximate surface area is 284 Å². The summed E-state index contributed by atoms with van der Waals surface area (Å²) < 4.78 is 35.5. The lowest BCUT2D eigenvalue weighted by molar-refractivity contribution is -0.119. The maximum atomic E-state index is 13.9. The van der Waals surface area contributed by atoms with Gasteiger partial charge in [-0.1, -0.05) is 48.0 Å². The van der Waals surface area contributed by atoms with E-state index in [4.69, 9.17) is 21.3 Å². The molecule has 14 heteroatoms. The summed E-state index contributed by atoms with van der Waals surface area (Å²) in [5.74, 6) is 0.417. The molecule has 0 spiro atoms. The van der Waals surface area contributed by atoms with Crippen LogP contribution in [0.5, 0.6) is 5.88 Å². The predicted molar refractivity (Wildman–Crippen MR) is 185 cm³/mol. The Hall–Kier alpha value is -5.14. The van der Waals surface area contributed by atoms with Crippen molar-refractivity contribution in [2.45, 2.75) is 38.8 Å². The number of nitrogens with zero attached hydrogens (tertiary/aromatic N) is 4. The molecule has 1 atom stereocenters. The number of rotatable bonds is 10. The Morgan fingerprint density at radius 1 is 1.02 bits per heavy atom. The molecule has 0 saturated carbocycles. The molecule has 0 aliphatic carbocycles. The molecule has 1 aliphatic heterocycles.